The van der Waals surface area contributed by atoms with Crippen molar-refractivity contribution >= 4 is 23.3 Å². The molecule has 2 aromatic carbocycles. The first-order chi connectivity index (χ1) is 12.6. The fourth-order valence-corrected chi connectivity index (χ4v) is 3.71. The number of ketones is 1. The molecule has 0 spiro atoms. The monoisotopic (exact) mass is 366 g/mol. The Morgan fingerprint density at radius 3 is 2.26 bits per heavy atom. The summed E-state index contributed by atoms with van der Waals surface area (Å²) in [5.74, 6) is -1.14. The number of aryl methyl sites for hydroxylation is 2. The van der Waals surface area contributed by atoms with Gasteiger partial charge >= 0.3 is 0 Å². The number of hydrogen-bond acceptors (Lipinski definition) is 5. The highest BCUT2D eigenvalue weighted by Gasteiger charge is 2.37. The minimum Gasteiger partial charge on any atom is -0.294 e. The third kappa shape index (κ3) is 2.91. The molecule has 0 saturated carbocycles. The second kappa shape index (κ2) is 6.42. The Morgan fingerprint density at radius 1 is 1.04 bits per heavy atom. The number of carbonyl (C=O) groups excluding carboxylic acids is 3. The predicted octanol–water partition coefficient (Wildman–Crippen LogP) is 3.52. The maximum absolute atomic E-state index is 12.7. The number of fused-ring (bicyclic) bond motifs is 1. The Kier molecular flexibility index (Phi) is 4.39. The number of imide groups is 1. The van der Waals surface area contributed by atoms with Crippen LogP contribution in [0.5, 0.6) is 0 Å². The number of amides is 2. The molecule has 0 N–H and O–H groups in total. The Balaban J connectivity index is 2.04. The molecule has 2 amide bonds. The first-order valence-electron chi connectivity index (χ1n) is 8.38. The molecule has 2 aromatic rings. The van der Waals surface area contributed by atoms with Gasteiger partial charge in [0, 0.05) is 17.7 Å². The second-order valence-corrected chi connectivity index (χ2v) is 6.73. The quantitative estimate of drug-likeness (QED) is 0.357. The van der Waals surface area contributed by atoms with E-state index in [1.54, 1.807) is 6.92 Å². The maximum atomic E-state index is 12.7. The lowest BCUT2D eigenvalue weighted by Gasteiger charge is -2.20. The van der Waals surface area contributed by atoms with Crippen LogP contribution in [0.15, 0.2) is 24.3 Å². The summed E-state index contributed by atoms with van der Waals surface area (Å²) in [6.45, 7) is 7.01. The van der Waals surface area contributed by atoms with Gasteiger partial charge in [-0.3, -0.25) is 29.4 Å². The van der Waals surface area contributed by atoms with Crippen molar-refractivity contribution in [3.63, 3.8) is 0 Å². The van der Waals surface area contributed by atoms with Crippen molar-refractivity contribution in [3.05, 3.63) is 73.3 Å². The number of nitro benzene ring substituents is 1. The molecular formula is C20H18N2O5. The van der Waals surface area contributed by atoms with Crippen molar-refractivity contribution in [2.75, 3.05) is 0 Å². The van der Waals surface area contributed by atoms with Crippen molar-refractivity contribution in [3.8, 4) is 0 Å². The number of non-ortho nitro benzene ring substituents is 1. The van der Waals surface area contributed by atoms with E-state index in [0.717, 1.165) is 33.2 Å². The van der Waals surface area contributed by atoms with Crippen LogP contribution in [0.2, 0.25) is 0 Å². The summed E-state index contributed by atoms with van der Waals surface area (Å²) >= 11 is 0. The van der Waals surface area contributed by atoms with Gasteiger partial charge in [0.25, 0.3) is 17.5 Å². The van der Waals surface area contributed by atoms with Gasteiger partial charge in [-0.25, -0.2) is 0 Å². The minimum absolute atomic E-state index is 0.0123. The molecule has 0 bridgehead atoms. The zero-order valence-electron chi connectivity index (χ0n) is 15.5. The Labute approximate surface area is 155 Å². The second-order valence-electron chi connectivity index (χ2n) is 6.73. The first-order valence-corrected chi connectivity index (χ1v) is 8.38. The molecule has 0 fully saturated rings. The van der Waals surface area contributed by atoms with Crippen LogP contribution in [0, 0.1) is 30.9 Å². The van der Waals surface area contributed by atoms with Gasteiger partial charge in [0.1, 0.15) is 0 Å². The number of carbonyl (C=O) groups is 3. The molecule has 0 radical (unpaired) electrons. The first kappa shape index (κ1) is 18.4. The third-order valence-electron chi connectivity index (χ3n) is 4.96. The summed E-state index contributed by atoms with van der Waals surface area (Å²) < 4.78 is 0. The number of rotatable bonds is 4. The lowest BCUT2D eigenvalue weighted by molar-refractivity contribution is -0.384. The largest absolute Gasteiger partial charge is 0.294 e. The number of hydrogen-bond donors (Lipinski definition) is 0. The van der Waals surface area contributed by atoms with Gasteiger partial charge in [-0.05, 0) is 56.0 Å². The molecule has 27 heavy (non-hydrogen) atoms. The zero-order chi connectivity index (χ0) is 20.0. The maximum Gasteiger partial charge on any atom is 0.270 e. The standard InChI is InChI=1S/C20H18N2O5/c1-10-7-11(2)18(13(4)23)12(3)17(10)9-21-19(24)15-6-5-14(22(26)27)8-16(15)20(21)25/h5-8H,9H2,1-4H3. The average Bonchev–Trinajstić information content (AvgIpc) is 2.81. The fourth-order valence-electron chi connectivity index (χ4n) is 3.71. The van der Waals surface area contributed by atoms with Gasteiger partial charge in [-0.15, -0.1) is 0 Å². The van der Waals surface area contributed by atoms with Gasteiger partial charge in [0.05, 0.1) is 22.6 Å². The molecule has 1 aliphatic rings. The highest BCUT2D eigenvalue weighted by Crippen LogP contribution is 2.30. The Hall–Kier alpha value is -3.35. The van der Waals surface area contributed by atoms with Crippen LogP contribution in [-0.4, -0.2) is 27.4 Å². The van der Waals surface area contributed by atoms with E-state index < -0.39 is 16.7 Å². The molecule has 0 unspecified atom stereocenters. The molecule has 138 valence electrons. The fraction of sp³-hybridized carbons (Fsp3) is 0.250. The molecule has 3 rings (SSSR count). The number of benzene rings is 2. The number of nitrogens with zero attached hydrogens (tertiary/aromatic N) is 2. The van der Waals surface area contributed by atoms with Crippen LogP contribution >= 0.6 is 0 Å². The molecule has 7 nitrogen and oxygen atoms in total. The molecular weight excluding hydrogens is 348 g/mol. The highest BCUT2D eigenvalue weighted by atomic mass is 16.6. The van der Waals surface area contributed by atoms with Crippen LogP contribution in [-0.2, 0) is 6.54 Å². The van der Waals surface area contributed by atoms with Crippen LogP contribution in [0.3, 0.4) is 0 Å². The lowest BCUT2D eigenvalue weighted by atomic mass is 9.91. The molecule has 0 aromatic heterocycles. The molecule has 1 heterocycles. The number of Topliss-reactive ketones (excluding diaryl/α,β-unsaturated/α-hetero) is 1. The normalized spacial score (nSPS) is 13.1. The van der Waals surface area contributed by atoms with Crippen LogP contribution in [0.1, 0.15) is 60.3 Å². The van der Waals surface area contributed by atoms with E-state index in [0.29, 0.717) is 5.56 Å². The van der Waals surface area contributed by atoms with Crippen molar-refractivity contribution in [2.24, 2.45) is 0 Å². The molecule has 1 aliphatic heterocycles. The van der Waals surface area contributed by atoms with Gasteiger partial charge in [0.15, 0.2) is 5.78 Å². The van der Waals surface area contributed by atoms with E-state index >= 15 is 0 Å². The summed E-state index contributed by atoms with van der Waals surface area (Å²) in [5, 5.41) is 10.9. The van der Waals surface area contributed by atoms with Crippen molar-refractivity contribution in [2.45, 2.75) is 34.2 Å². The summed E-state index contributed by atoms with van der Waals surface area (Å²) in [5.41, 5.74) is 3.72. The van der Waals surface area contributed by atoms with E-state index in [2.05, 4.69) is 0 Å². The summed E-state index contributed by atoms with van der Waals surface area (Å²) in [6.07, 6.45) is 0. The van der Waals surface area contributed by atoms with Crippen LogP contribution < -0.4 is 0 Å². The van der Waals surface area contributed by atoms with Crippen LogP contribution in [0.25, 0.3) is 0 Å². The highest BCUT2D eigenvalue weighted by molar-refractivity contribution is 6.21. The zero-order valence-corrected chi connectivity index (χ0v) is 15.5. The number of nitro groups is 1. The predicted molar refractivity (Wildman–Crippen MR) is 98.0 cm³/mol. The topological polar surface area (TPSA) is 97.6 Å². The average molecular weight is 366 g/mol. The Morgan fingerprint density at radius 2 is 1.67 bits per heavy atom. The Bertz CT molecular complexity index is 1040. The van der Waals surface area contributed by atoms with E-state index in [1.807, 2.05) is 19.9 Å². The summed E-state index contributed by atoms with van der Waals surface area (Å²) in [6, 6.07) is 5.51. The van der Waals surface area contributed by atoms with Gasteiger partial charge in [-0.1, -0.05) is 6.07 Å². The van der Waals surface area contributed by atoms with Crippen LogP contribution in [0.4, 0.5) is 5.69 Å². The van der Waals surface area contributed by atoms with E-state index in [4.69, 9.17) is 0 Å². The van der Waals surface area contributed by atoms with E-state index in [-0.39, 0.29) is 29.1 Å². The summed E-state index contributed by atoms with van der Waals surface area (Å²) in [7, 11) is 0. The van der Waals surface area contributed by atoms with Crippen molar-refractivity contribution in [1.82, 2.24) is 4.90 Å². The lowest BCUT2D eigenvalue weighted by Crippen LogP contribution is -2.30. The SMILES string of the molecule is CC(=O)c1c(C)cc(C)c(CN2C(=O)c3ccc([N+](=O)[O-])cc3C2=O)c1C. The van der Waals surface area contributed by atoms with E-state index in [1.165, 1.54) is 19.1 Å². The van der Waals surface area contributed by atoms with Gasteiger partial charge in [-0.2, -0.15) is 0 Å². The summed E-state index contributed by atoms with van der Waals surface area (Å²) in [4.78, 5) is 48.8. The van der Waals surface area contributed by atoms with E-state index in [9.17, 15) is 24.5 Å². The molecule has 0 atom stereocenters. The van der Waals surface area contributed by atoms with Gasteiger partial charge < -0.3 is 0 Å². The third-order valence-corrected chi connectivity index (χ3v) is 4.96. The molecule has 0 aliphatic carbocycles. The van der Waals surface area contributed by atoms with Crippen molar-refractivity contribution in [1.29, 1.82) is 0 Å². The van der Waals surface area contributed by atoms with Crippen molar-refractivity contribution < 1.29 is 19.3 Å². The molecule has 7 heteroatoms. The van der Waals surface area contributed by atoms with Gasteiger partial charge in [0.2, 0.25) is 0 Å². The molecule has 0 saturated heterocycles. The smallest absolute Gasteiger partial charge is 0.270 e. The minimum atomic E-state index is -0.603.